The van der Waals surface area contributed by atoms with Crippen molar-refractivity contribution in [1.29, 1.82) is 0 Å². The van der Waals surface area contributed by atoms with Crippen LogP contribution in [0.4, 0.5) is 0 Å². The SMILES string of the molecule is Cc1cccc(C(=O)N2CCCN(C(=O)C3(N)CC3)CC2)c1.Cl. The van der Waals surface area contributed by atoms with Crippen LogP contribution in [0.15, 0.2) is 24.3 Å². The Morgan fingerprint density at radius 1 is 1.09 bits per heavy atom. The molecule has 1 heterocycles. The minimum atomic E-state index is -0.615. The standard InChI is InChI=1S/C17H23N3O2.ClH/c1-13-4-2-5-14(12-13)15(21)19-8-3-9-20(11-10-19)16(22)17(18)6-7-17;/h2,4-5,12H,3,6-11,18H2,1H3;1H. The van der Waals surface area contributed by atoms with Gasteiger partial charge in [0.2, 0.25) is 5.91 Å². The molecule has 0 aromatic heterocycles. The van der Waals surface area contributed by atoms with Crippen LogP contribution in [-0.4, -0.2) is 53.3 Å². The molecule has 2 amide bonds. The second kappa shape index (κ2) is 6.89. The number of halogens is 1. The Hall–Kier alpha value is -1.59. The first kappa shape index (κ1) is 17.8. The highest BCUT2D eigenvalue weighted by Crippen LogP contribution is 2.34. The van der Waals surface area contributed by atoms with Crippen molar-refractivity contribution in [1.82, 2.24) is 9.80 Å². The molecule has 126 valence electrons. The molecule has 23 heavy (non-hydrogen) atoms. The molecule has 1 aromatic carbocycles. The fraction of sp³-hybridized carbons (Fsp3) is 0.529. The summed E-state index contributed by atoms with van der Waals surface area (Å²) >= 11 is 0. The summed E-state index contributed by atoms with van der Waals surface area (Å²) in [5.41, 5.74) is 7.19. The molecule has 3 rings (SSSR count). The predicted octanol–water partition coefficient (Wildman–Crippen LogP) is 1.58. The monoisotopic (exact) mass is 337 g/mol. The maximum Gasteiger partial charge on any atom is 0.253 e. The Balaban J connectivity index is 0.00000192. The summed E-state index contributed by atoms with van der Waals surface area (Å²) < 4.78 is 0. The zero-order chi connectivity index (χ0) is 15.7. The van der Waals surface area contributed by atoms with E-state index in [1.807, 2.05) is 41.0 Å². The van der Waals surface area contributed by atoms with Gasteiger partial charge < -0.3 is 15.5 Å². The molecule has 2 aliphatic rings. The highest BCUT2D eigenvalue weighted by Gasteiger charge is 2.48. The van der Waals surface area contributed by atoms with Gasteiger partial charge >= 0.3 is 0 Å². The van der Waals surface area contributed by atoms with Crippen LogP contribution in [0.2, 0.25) is 0 Å². The van der Waals surface area contributed by atoms with E-state index in [4.69, 9.17) is 5.73 Å². The number of aryl methyl sites for hydroxylation is 1. The van der Waals surface area contributed by atoms with Crippen molar-refractivity contribution < 1.29 is 9.59 Å². The van der Waals surface area contributed by atoms with Crippen molar-refractivity contribution >= 4 is 24.2 Å². The lowest BCUT2D eigenvalue weighted by atomic mass is 10.1. The zero-order valence-electron chi connectivity index (χ0n) is 13.5. The fourth-order valence-electron chi connectivity index (χ4n) is 2.95. The number of benzene rings is 1. The molecule has 1 aromatic rings. The summed E-state index contributed by atoms with van der Waals surface area (Å²) in [6, 6.07) is 7.65. The highest BCUT2D eigenvalue weighted by atomic mass is 35.5. The predicted molar refractivity (Wildman–Crippen MR) is 91.7 cm³/mol. The van der Waals surface area contributed by atoms with Gasteiger partial charge in [0, 0.05) is 31.7 Å². The number of carbonyl (C=O) groups excluding carboxylic acids is 2. The molecule has 0 radical (unpaired) electrons. The molecule has 0 atom stereocenters. The van der Waals surface area contributed by atoms with Gasteiger partial charge in [-0.05, 0) is 38.3 Å². The number of nitrogens with zero attached hydrogens (tertiary/aromatic N) is 2. The van der Waals surface area contributed by atoms with E-state index in [-0.39, 0.29) is 24.2 Å². The van der Waals surface area contributed by atoms with E-state index in [0.717, 1.165) is 30.4 Å². The Kier molecular flexibility index (Phi) is 5.32. The average molecular weight is 338 g/mol. The average Bonchev–Trinajstić information content (AvgIpc) is 3.29. The molecule has 5 nitrogen and oxygen atoms in total. The molecule has 6 heteroatoms. The molecule has 0 bridgehead atoms. The Bertz CT molecular complexity index is 601. The van der Waals surface area contributed by atoms with Gasteiger partial charge in [-0.2, -0.15) is 0 Å². The van der Waals surface area contributed by atoms with Crippen molar-refractivity contribution in [3.8, 4) is 0 Å². The summed E-state index contributed by atoms with van der Waals surface area (Å²) in [5, 5.41) is 0. The lowest BCUT2D eigenvalue weighted by molar-refractivity contribution is -0.133. The summed E-state index contributed by atoms with van der Waals surface area (Å²) in [5.74, 6) is 0.101. The smallest absolute Gasteiger partial charge is 0.253 e. The van der Waals surface area contributed by atoms with Crippen LogP contribution >= 0.6 is 12.4 Å². The second-order valence-corrected chi connectivity index (χ2v) is 6.46. The van der Waals surface area contributed by atoms with E-state index >= 15 is 0 Å². The van der Waals surface area contributed by atoms with Crippen LogP contribution in [0, 0.1) is 6.92 Å². The van der Waals surface area contributed by atoms with Crippen LogP contribution in [0.25, 0.3) is 0 Å². The molecule has 0 unspecified atom stereocenters. The van der Waals surface area contributed by atoms with E-state index in [1.54, 1.807) is 0 Å². The molecular weight excluding hydrogens is 314 g/mol. The van der Waals surface area contributed by atoms with Crippen molar-refractivity contribution in [2.45, 2.75) is 31.7 Å². The first-order valence-electron chi connectivity index (χ1n) is 7.94. The minimum absolute atomic E-state index is 0. The normalized spacial score (nSPS) is 19.6. The Morgan fingerprint density at radius 2 is 1.74 bits per heavy atom. The zero-order valence-corrected chi connectivity index (χ0v) is 14.3. The van der Waals surface area contributed by atoms with E-state index in [0.29, 0.717) is 26.2 Å². The number of amides is 2. The van der Waals surface area contributed by atoms with Crippen LogP contribution in [-0.2, 0) is 4.79 Å². The largest absolute Gasteiger partial charge is 0.339 e. The van der Waals surface area contributed by atoms with Crippen LogP contribution < -0.4 is 5.73 Å². The molecular formula is C17H24ClN3O2. The fourth-order valence-corrected chi connectivity index (χ4v) is 2.95. The van der Waals surface area contributed by atoms with E-state index in [2.05, 4.69) is 0 Å². The molecule has 2 N–H and O–H groups in total. The number of carbonyl (C=O) groups is 2. The van der Waals surface area contributed by atoms with Gasteiger partial charge in [0.15, 0.2) is 0 Å². The van der Waals surface area contributed by atoms with Gasteiger partial charge in [0.05, 0.1) is 5.54 Å². The summed E-state index contributed by atoms with van der Waals surface area (Å²) in [6.45, 7) is 4.52. The van der Waals surface area contributed by atoms with E-state index in [9.17, 15) is 9.59 Å². The molecule has 1 aliphatic carbocycles. The quantitative estimate of drug-likeness (QED) is 0.891. The number of rotatable bonds is 2. The summed E-state index contributed by atoms with van der Waals surface area (Å²) in [4.78, 5) is 28.6. The Labute approximate surface area is 143 Å². The third-order valence-corrected chi connectivity index (χ3v) is 4.55. The van der Waals surface area contributed by atoms with Crippen LogP contribution in [0.3, 0.4) is 0 Å². The lowest BCUT2D eigenvalue weighted by Crippen LogP contribution is -2.47. The van der Waals surface area contributed by atoms with Crippen molar-refractivity contribution in [3.63, 3.8) is 0 Å². The van der Waals surface area contributed by atoms with Gasteiger partial charge in [0.25, 0.3) is 5.91 Å². The van der Waals surface area contributed by atoms with Gasteiger partial charge in [-0.1, -0.05) is 17.7 Å². The van der Waals surface area contributed by atoms with Crippen molar-refractivity contribution in [3.05, 3.63) is 35.4 Å². The molecule has 1 aliphatic heterocycles. The van der Waals surface area contributed by atoms with Crippen LogP contribution in [0.1, 0.15) is 35.2 Å². The van der Waals surface area contributed by atoms with Gasteiger partial charge in [-0.3, -0.25) is 9.59 Å². The Morgan fingerprint density at radius 3 is 2.39 bits per heavy atom. The molecule has 1 saturated heterocycles. The summed E-state index contributed by atoms with van der Waals surface area (Å²) in [7, 11) is 0. The summed E-state index contributed by atoms with van der Waals surface area (Å²) in [6.07, 6.45) is 2.38. The van der Waals surface area contributed by atoms with Crippen LogP contribution in [0.5, 0.6) is 0 Å². The highest BCUT2D eigenvalue weighted by molar-refractivity contribution is 5.94. The second-order valence-electron chi connectivity index (χ2n) is 6.46. The molecule has 0 spiro atoms. The minimum Gasteiger partial charge on any atom is -0.339 e. The maximum atomic E-state index is 12.6. The maximum absolute atomic E-state index is 12.6. The lowest BCUT2D eigenvalue weighted by Gasteiger charge is -2.24. The topological polar surface area (TPSA) is 66.6 Å². The first-order chi connectivity index (χ1) is 10.5. The molecule has 1 saturated carbocycles. The molecule has 2 fully saturated rings. The van der Waals surface area contributed by atoms with E-state index < -0.39 is 5.54 Å². The number of hydrogen-bond acceptors (Lipinski definition) is 3. The third-order valence-electron chi connectivity index (χ3n) is 4.55. The third kappa shape index (κ3) is 3.85. The van der Waals surface area contributed by atoms with Crippen molar-refractivity contribution in [2.75, 3.05) is 26.2 Å². The van der Waals surface area contributed by atoms with Crippen molar-refractivity contribution in [2.24, 2.45) is 5.73 Å². The van der Waals surface area contributed by atoms with Gasteiger partial charge in [0.1, 0.15) is 0 Å². The number of hydrogen-bond donors (Lipinski definition) is 1. The van der Waals surface area contributed by atoms with E-state index in [1.165, 1.54) is 0 Å². The first-order valence-corrected chi connectivity index (χ1v) is 7.94. The van der Waals surface area contributed by atoms with Gasteiger partial charge in [-0.25, -0.2) is 0 Å². The van der Waals surface area contributed by atoms with Gasteiger partial charge in [-0.15, -0.1) is 12.4 Å². The number of nitrogens with two attached hydrogens (primary N) is 1.